The Morgan fingerprint density at radius 1 is 1.14 bits per heavy atom. The third kappa shape index (κ3) is 2.55. The zero-order chi connectivity index (χ0) is 9.26. The zero-order valence-electron chi connectivity index (χ0n) is 7.21. The molecule has 1 aromatic heterocycles. The first-order valence-electron chi connectivity index (χ1n) is 3.90. The fourth-order valence-electron chi connectivity index (χ4n) is 1.23. The first kappa shape index (κ1) is 12.1. The molecule has 4 heteroatoms. The average Bonchev–Trinajstić information content (AvgIpc) is 2.17. The van der Waals surface area contributed by atoms with E-state index in [0.29, 0.717) is 0 Å². The molecule has 2 rings (SSSR count). The molecule has 0 aliphatic carbocycles. The van der Waals surface area contributed by atoms with Crippen LogP contribution in [-0.2, 0) is 5.33 Å². The van der Waals surface area contributed by atoms with Crippen LogP contribution in [-0.4, -0.2) is 4.98 Å². The van der Waals surface area contributed by atoms with E-state index in [-0.39, 0.29) is 17.0 Å². The van der Waals surface area contributed by atoms with Crippen LogP contribution in [0.15, 0.2) is 34.9 Å². The zero-order valence-corrected chi connectivity index (χ0v) is 12.1. The number of halogens is 3. The van der Waals surface area contributed by atoms with E-state index in [4.69, 9.17) is 0 Å². The summed E-state index contributed by atoms with van der Waals surface area (Å²) in [5.74, 6) is 0. The molecular formula is C10H8Br3N. The maximum atomic E-state index is 4.30. The Balaban J connectivity index is 0.000000980. The molecule has 1 heterocycles. The maximum absolute atomic E-state index is 4.30. The van der Waals surface area contributed by atoms with Gasteiger partial charge in [-0.1, -0.05) is 37.9 Å². The van der Waals surface area contributed by atoms with Crippen molar-refractivity contribution < 1.29 is 0 Å². The molecule has 0 saturated carbocycles. The van der Waals surface area contributed by atoms with Gasteiger partial charge in [0.05, 0.1) is 5.69 Å². The highest BCUT2D eigenvalue weighted by Crippen LogP contribution is 2.20. The predicted molar refractivity (Wildman–Crippen MR) is 72.4 cm³/mol. The molecule has 0 fully saturated rings. The Morgan fingerprint density at radius 3 is 2.64 bits per heavy atom. The number of benzene rings is 1. The quantitative estimate of drug-likeness (QED) is 0.664. The molecule has 0 radical (unpaired) electrons. The molecule has 0 spiro atoms. The third-order valence-corrected chi connectivity index (χ3v) is 2.95. The van der Waals surface area contributed by atoms with Gasteiger partial charge in [0, 0.05) is 21.4 Å². The van der Waals surface area contributed by atoms with Crippen LogP contribution in [0.25, 0.3) is 10.8 Å². The average molecular weight is 382 g/mol. The molecule has 0 unspecified atom stereocenters. The second kappa shape index (κ2) is 5.24. The third-order valence-electron chi connectivity index (χ3n) is 1.88. The standard InChI is InChI=1S/C10H7Br2N.BrH/c11-5-10-4-7-1-2-9(12)3-8(7)6-13-10;/h1-4,6H,5H2;1H. The topological polar surface area (TPSA) is 12.9 Å². The fraction of sp³-hybridized carbons (Fsp3) is 0.100. The van der Waals surface area contributed by atoms with Crippen molar-refractivity contribution in [1.82, 2.24) is 4.98 Å². The summed E-state index contributed by atoms with van der Waals surface area (Å²) in [6, 6.07) is 8.30. The van der Waals surface area contributed by atoms with Crippen LogP contribution in [0.5, 0.6) is 0 Å². The van der Waals surface area contributed by atoms with E-state index in [2.05, 4.69) is 55.0 Å². The summed E-state index contributed by atoms with van der Waals surface area (Å²) in [6.45, 7) is 0. The van der Waals surface area contributed by atoms with E-state index < -0.39 is 0 Å². The second-order valence-corrected chi connectivity index (χ2v) is 4.28. The summed E-state index contributed by atoms with van der Waals surface area (Å²) < 4.78 is 1.09. The van der Waals surface area contributed by atoms with Crippen molar-refractivity contribution in [2.45, 2.75) is 5.33 Å². The number of hydrogen-bond donors (Lipinski definition) is 0. The number of alkyl halides is 1. The number of hydrogen-bond acceptors (Lipinski definition) is 1. The summed E-state index contributed by atoms with van der Waals surface area (Å²) in [5, 5.41) is 3.20. The molecule has 2 aromatic rings. The number of rotatable bonds is 1. The molecule has 1 aromatic carbocycles. The van der Waals surface area contributed by atoms with Gasteiger partial charge in [-0.05, 0) is 23.6 Å². The molecule has 0 atom stereocenters. The summed E-state index contributed by atoms with van der Waals surface area (Å²) in [6.07, 6.45) is 1.90. The van der Waals surface area contributed by atoms with Crippen molar-refractivity contribution in [1.29, 1.82) is 0 Å². The van der Waals surface area contributed by atoms with Crippen LogP contribution in [0.4, 0.5) is 0 Å². The highest BCUT2D eigenvalue weighted by molar-refractivity contribution is 9.10. The van der Waals surface area contributed by atoms with E-state index in [1.165, 1.54) is 10.8 Å². The van der Waals surface area contributed by atoms with Crippen molar-refractivity contribution in [3.8, 4) is 0 Å². The second-order valence-electron chi connectivity index (χ2n) is 2.80. The van der Waals surface area contributed by atoms with Crippen molar-refractivity contribution in [3.63, 3.8) is 0 Å². The number of fused-ring (bicyclic) bond motifs is 1. The van der Waals surface area contributed by atoms with E-state index in [1.54, 1.807) is 0 Å². The summed E-state index contributed by atoms with van der Waals surface area (Å²) >= 11 is 6.82. The number of aromatic nitrogens is 1. The van der Waals surface area contributed by atoms with Gasteiger partial charge >= 0.3 is 0 Å². The van der Waals surface area contributed by atoms with Crippen LogP contribution < -0.4 is 0 Å². The van der Waals surface area contributed by atoms with Crippen LogP contribution in [0.3, 0.4) is 0 Å². The Labute approximate surface area is 110 Å². The largest absolute Gasteiger partial charge is 0.260 e. The van der Waals surface area contributed by atoms with Gasteiger partial charge in [-0.2, -0.15) is 0 Å². The van der Waals surface area contributed by atoms with Gasteiger partial charge in [0.1, 0.15) is 0 Å². The van der Waals surface area contributed by atoms with Gasteiger partial charge < -0.3 is 0 Å². The van der Waals surface area contributed by atoms with Gasteiger partial charge in [-0.25, -0.2) is 0 Å². The lowest BCUT2D eigenvalue weighted by Crippen LogP contribution is -1.84. The minimum absolute atomic E-state index is 0. The van der Waals surface area contributed by atoms with Crippen molar-refractivity contribution in [2.24, 2.45) is 0 Å². The molecule has 0 saturated heterocycles. The lowest BCUT2D eigenvalue weighted by atomic mass is 10.1. The van der Waals surface area contributed by atoms with Crippen molar-refractivity contribution in [2.75, 3.05) is 0 Å². The Bertz CT molecular complexity index is 442. The van der Waals surface area contributed by atoms with Crippen molar-refractivity contribution >= 4 is 59.6 Å². The minimum Gasteiger partial charge on any atom is -0.260 e. The van der Waals surface area contributed by atoms with E-state index >= 15 is 0 Å². The highest BCUT2D eigenvalue weighted by Gasteiger charge is 1.96. The van der Waals surface area contributed by atoms with Crippen LogP contribution in [0.2, 0.25) is 0 Å². The summed E-state index contributed by atoms with van der Waals surface area (Å²) in [7, 11) is 0. The summed E-state index contributed by atoms with van der Waals surface area (Å²) in [5.41, 5.74) is 1.06. The van der Waals surface area contributed by atoms with E-state index in [0.717, 1.165) is 15.5 Å². The number of nitrogens with zero attached hydrogens (tertiary/aromatic N) is 1. The molecule has 0 amide bonds. The normalized spacial score (nSPS) is 9.86. The number of pyridine rings is 1. The lowest BCUT2D eigenvalue weighted by molar-refractivity contribution is 1.21. The smallest absolute Gasteiger partial charge is 0.0515 e. The monoisotopic (exact) mass is 379 g/mol. The van der Waals surface area contributed by atoms with E-state index in [1.807, 2.05) is 12.3 Å². The first-order chi connectivity index (χ1) is 6.29. The molecule has 0 N–H and O–H groups in total. The SMILES string of the molecule is Br.BrCc1cc2ccc(Br)cc2cn1. The Morgan fingerprint density at radius 2 is 1.93 bits per heavy atom. The molecule has 14 heavy (non-hydrogen) atoms. The highest BCUT2D eigenvalue weighted by atomic mass is 79.9. The molecule has 1 nitrogen and oxygen atoms in total. The van der Waals surface area contributed by atoms with Gasteiger partial charge in [0.15, 0.2) is 0 Å². The van der Waals surface area contributed by atoms with E-state index in [9.17, 15) is 0 Å². The fourth-order valence-corrected chi connectivity index (χ4v) is 1.92. The van der Waals surface area contributed by atoms with Gasteiger partial charge in [0.2, 0.25) is 0 Å². The molecule has 0 aliphatic rings. The van der Waals surface area contributed by atoms with Gasteiger partial charge in [-0.3, -0.25) is 4.98 Å². The minimum atomic E-state index is 0. The van der Waals surface area contributed by atoms with Gasteiger partial charge in [0.25, 0.3) is 0 Å². The first-order valence-corrected chi connectivity index (χ1v) is 5.81. The Hall–Kier alpha value is 0.0700. The molecule has 0 aliphatic heterocycles. The Kier molecular flexibility index (Phi) is 4.54. The molecular weight excluding hydrogens is 374 g/mol. The summed E-state index contributed by atoms with van der Waals surface area (Å²) in [4.78, 5) is 4.30. The van der Waals surface area contributed by atoms with Crippen LogP contribution >= 0.6 is 48.8 Å². The van der Waals surface area contributed by atoms with Crippen molar-refractivity contribution in [3.05, 3.63) is 40.6 Å². The molecule has 74 valence electrons. The van der Waals surface area contributed by atoms with Gasteiger partial charge in [-0.15, -0.1) is 17.0 Å². The van der Waals surface area contributed by atoms with Crippen LogP contribution in [0.1, 0.15) is 5.69 Å². The lowest BCUT2D eigenvalue weighted by Gasteiger charge is -1.99. The maximum Gasteiger partial charge on any atom is 0.0515 e. The molecule has 0 bridgehead atoms. The van der Waals surface area contributed by atoms with Crippen LogP contribution in [0, 0.1) is 0 Å². The predicted octanol–water partition coefficient (Wildman–Crippen LogP) is 4.47.